The van der Waals surface area contributed by atoms with Crippen LogP contribution in [0.2, 0.25) is 10.0 Å². The second kappa shape index (κ2) is 8.46. The summed E-state index contributed by atoms with van der Waals surface area (Å²) in [6.07, 6.45) is 1.70. The summed E-state index contributed by atoms with van der Waals surface area (Å²) in [6, 6.07) is 11.6. The maximum Gasteiger partial charge on any atom is 0.336 e. The number of halogens is 2. The van der Waals surface area contributed by atoms with Gasteiger partial charge in [0.2, 0.25) is 0 Å². The lowest BCUT2D eigenvalue weighted by Crippen LogP contribution is -2.20. The molecule has 140 valence electrons. The van der Waals surface area contributed by atoms with E-state index >= 15 is 0 Å². The summed E-state index contributed by atoms with van der Waals surface area (Å²) >= 11 is 12.0. The topological polar surface area (TPSA) is 68.5 Å². The highest BCUT2D eigenvalue weighted by molar-refractivity contribution is 6.44. The van der Waals surface area contributed by atoms with Crippen molar-refractivity contribution in [1.82, 2.24) is 0 Å². The van der Waals surface area contributed by atoms with Crippen molar-refractivity contribution in [3.05, 3.63) is 68.5 Å². The van der Waals surface area contributed by atoms with E-state index in [-0.39, 0.29) is 17.5 Å². The molecule has 0 saturated heterocycles. The quantitative estimate of drug-likeness (QED) is 0.581. The van der Waals surface area contributed by atoms with E-state index in [1.807, 2.05) is 13.0 Å². The molecule has 0 radical (unpaired) electrons. The van der Waals surface area contributed by atoms with Gasteiger partial charge in [0, 0.05) is 17.5 Å². The fourth-order valence-electron chi connectivity index (χ4n) is 2.71. The molecule has 0 aliphatic rings. The SMILES string of the molecule is CCCc1cc(=O)oc2cc(OCC(=O)Nc3cccc(Cl)c3Cl)ccc12. The van der Waals surface area contributed by atoms with Crippen LogP contribution in [0.15, 0.2) is 51.7 Å². The Labute approximate surface area is 165 Å². The first kappa shape index (κ1) is 19.3. The first-order chi connectivity index (χ1) is 13.0. The minimum Gasteiger partial charge on any atom is -0.484 e. The van der Waals surface area contributed by atoms with Crippen molar-refractivity contribution in [2.75, 3.05) is 11.9 Å². The van der Waals surface area contributed by atoms with Gasteiger partial charge in [-0.2, -0.15) is 0 Å². The van der Waals surface area contributed by atoms with Gasteiger partial charge in [-0.15, -0.1) is 0 Å². The number of amides is 1. The molecule has 0 saturated carbocycles. The van der Waals surface area contributed by atoms with Crippen LogP contribution in [0.1, 0.15) is 18.9 Å². The van der Waals surface area contributed by atoms with E-state index in [1.54, 1.807) is 30.3 Å². The van der Waals surface area contributed by atoms with Crippen LogP contribution in [0.25, 0.3) is 11.0 Å². The number of benzene rings is 2. The van der Waals surface area contributed by atoms with E-state index in [1.165, 1.54) is 6.07 Å². The van der Waals surface area contributed by atoms with Gasteiger partial charge in [-0.25, -0.2) is 4.79 Å². The number of carbonyl (C=O) groups is 1. The summed E-state index contributed by atoms with van der Waals surface area (Å²) in [6.45, 7) is 1.82. The molecule has 3 rings (SSSR count). The van der Waals surface area contributed by atoms with E-state index in [4.69, 9.17) is 32.4 Å². The lowest BCUT2D eigenvalue weighted by atomic mass is 10.1. The van der Waals surface area contributed by atoms with Gasteiger partial charge in [0.15, 0.2) is 6.61 Å². The van der Waals surface area contributed by atoms with Crippen molar-refractivity contribution in [1.29, 1.82) is 0 Å². The van der Waals surface area contributed by atoms with Crippen LogP contribution in [0.4, 0.5) is 5.69 Å². The summed E-state index contributed by atoms with van der Waals surface area (Å²) in [5.74, 6) is 0.0343. The lowest BCUT2D eigenvalue weighted by molar-refractivity contribution is -0.118. The third kappa shape index (κ3) is 4.62. The largest absolute Gasteiger partial charge is 0.484 e. The van der Waals surface area contributed by atoms with Crippen molar-refractivity contribution in [2.24, 2.45) is 0 Å². The number of fused-ring (bicyclic) bond motifs is 1. The first-order valence-electron chi connectivity index (χ1n) is 8.41. The summed E-state index contributed by atoms with van der Waals surface area (Å²) in [4.78, 5) is 23.8. The van der Waals surface area contributed by atoms with Crippen LogP contribution < -0.4 is 15.7 Å². The highest BCUT2D eigenvalue weighted by atomic mass is 35.5. The van der Waals surface area contributed by atoms with E-state index in [0.29, 0.717) is 22.0 Å². The van der Waals surface area contributed by atoms with Crippen LogP contribution in [0.3, 0.4) is 0 Å². The highest BCUT2D eigenvalue weighted by Crippen LogP contribution is 2.29. The maximum absolute atomic E-state index is 12.1. The molecule has 27 heavy (non-hydrogen) atoms. The van der Waals surface area contributed by atoms with Gasteiger partial charge in [-0.3, -0.25) is 4.79 Å². The fraction of sp³-hybridized carbons (Fsp3) is 0.200. The molecule has 1 aromatic heterocycles. The minimum atomic E-state index is -0.406. The fourth-order valence-corrected chi connectivity index (χ4v) is 3.06. The number of ether oxygens (including phenoxy) is 1. The molecule has 1 heterocycles. The zero-order valence-electron chi connectivity index (χ0n) is 14.6. The number of nitrogens with one attached hydrogen (secondary N) is 1. The standard InChI is InChI=1S/C20H17Cl2NO4/c1-2-4-12-9-19(25)27-17-10-13(7-8-14(12)17)26-11-18(24)23-16-6-3-5-15(21)20(16)22/h3,5-10H,2,4,11H2,1H3,(H,23,24). The van der Waals surface area contributed by atoms with E-state index in [9.17, 15) is 9.59 Å². The van der Waals surface area contributed by atoms with E-state index in [0.717, 1.165) is 23.8 Å². The number of rotatable bonds is 6. The average molecular weight is 406 g/mol. The first-order valence-corrected chi connectivity index (χ1v) is 9.17. The summed E-state index contributed by atoms with van der Waals surface area (Å²) in [5.41, 5.74) is 1.37. The molecule has 0 spiro atoms. The third-order valence-electron chi connectivity index (χ3n) is 3.92. The molecule has 2 aromatic carbocycles. The molecule has 0 bridgehead atoms. The van der Waals surface area contributed by atoms with E-state index < -0.39 is 5.63 Å². The average Bonchev–Trinajstić information content (AvgIpc) is 2.63. The predicted octanol–water partition coefficient (Wildman–Crippen LogP) is 5.07. The Bertz CT molecular complexity index is 1050. The molecule has 7 heteroatoms. The molecule has 5 nitrogen and oxygen atoms in total. The Hall–Kier alpha value is -2.50. The van der Waals surface area contributed by atoms with Gasteiger partial charge in [0.25, 0.3) is 5.91 Å². The zero-order chi connectivity index (χ0) is 19.4. The van der Waals surface area contributed by atoms with Gasteiger partial charge in [0.1, 0.15) is 11.3 Å². The van der Waals surface area contributed by atoms with Gasteiger partial charge >= 0.3 is 5.63 Å². The Morgan fingerprint density at radius 3 is 2.78 bits per heavy atom. The summed E-state index contributed by atoms with van der Waals surface area (Å²) in [7, 11) is 0. The number of anilines is 1. The molecule has 0 aliphatic carbocycles. The number of hydrogen-bond acceptors (Lipinski definition) is 4. The smallest absolute Gasteiger partial charge is 0.336 e. The molecule has 0 unspecified atom stereocenters. The molecular formula is C20H17Cl2NO4. The molecule has 0 fully saturated rings. The van der Waals surface area contributed by atoms with Crippen molar-refractivity contribution in [3.8, 4) is 5.75 Å². The number of carbonyl (C=O) groups excluding carboxylic acids is 1. The van der Waals surface area contributed by atoms with Gasteiger partial charge in [0.05, 0.1) is 15.7 Å². The molecule has 1 N–H and O–H groups in total. The maximum atomic E-state index is 12.1. The van der Waals surface area contributed by atoms with Crippen molar-refractivity contribution < 1.29 is 13.9 Å². The lowest BCUT2D eigenvalue weighted by Gasteiger charge is -2.10. The number of aryl methyl sites for hydroxylation is 1. The normalized spacial score (nSPS) is 10.8. The molecule has 0 aliphatic heterocycles. The summed E-state index contributed by atoms with van der Waals surface area (Å²) < 4.78 is 10.8. The van der Waals surface area contributed by atoms with Crippen LogP contribution in [0, 0.1) is 0 Å². The number of hydrogen-bond donors (Lipinski definition) is 1. The van der Waals surface area contributed by atoms with Crippen molar-refractivity contribution >= 4 is 45.8 Å². The Morgan fingerprint density at radius 1 is 1.19 bits per heavy atom. The molecule has 3 aromatic rings. The Morgan fingerprint density at radius 2 is 2.00 bits per heavy atom. The predicted molar refractivity (Wildman–Crippen MR) is 107 cm³/mol. The molecule has 0 atom stereocenters. The minimum absolute atomic E-state index is 0.229. The van der Waals surface area contributed by atoms with Gasteiger partial charge in [-0.05, 0) is 36.2 Å². The Kier molecular flexibility index (Phi) is 6.04. The third-order valence-corrected chi connectivity index (χ3v) is 4.74. The second-order valence-electron chi connectivity index (χ2n) is 5.94. The van der Waals surface area contributed by atoms with Gasteiger partial charge in [-0.1, -0.05) is 42.6 Å². The zero-order valence-corrected chi connectivity index (χ0v) is 16.1. The van der Waals surface area contributed by atoms with Crippen molar-refractivity contribution in [2.45, 2.75) is 19.8 Å². The Balaban J connectivity index is 1.72. The summed E-state index contributed by atoms with van der Waals surface area (Å²) in [5, 5.41) is 4.12. The molecular weight excluding hydrogens is 389 g/mol. The van der Waals surface area contributed by atoms with Crippen LogP contribution in [0.5, 0.6) is 5.75 Å². The van der Waals surface area contributed by atoms with Crippen molar-refractivity contribution in [3.63, 3.8) is 0 Å². The highest BCUT2D eigenvalue weighted by Gasteiger charge is 2.10. The molecule has 1 amide bonds. The van der Waals surface area contributed by atoms with E-state index in [2.05, 4.69) is 5.32 Å². The monoisotopic (exact) mass is 405 g/mol. The van der Waals surface area contributed by atoms with Crippen LogP contribution in [-0.4, -0.2) is 12.5 Å². The van der Waals surface area contributed by atoms with Crippen LogP contribution >= 0.6 is 23.2 Å². The van der Waals surface area contributed by atoms with Crippen LogP contribution in [-0.2, 0) is 11.2 Å². The van der Waals surface area contributed by atoms with Gasteiger partial charge < -0.3 is 14.5 Å². The second-order valence-corrected chi connectivity index (χ2v) is 6.72.